The Kier molecular flexibility index (Phi) is 4.86. The summed E-state index contributed by atoms with van der Waals surface area (Å²) in [6, 6.07) is 2.51. The minimum atomic E-state index is -4.14. The lowest BCUT2D eigenvalue weighted by Gasteiger charge is -2.08. The van der Waals surface area contributed by atoms with Crippen LogP contribution in [0.1, 0.15) is 16.8 Å². The molecule has 0 bridgehead atoms. The molecule has 0 spiro atoms. The maximum Gasteiger partial charge on any atom is 0.337 e. The van der Waals surface area contributed by atoms with Crippen molar-refractivity contribution < 1.29 is 31.8 Å². The second-order valence-electron chi connectivity index (χ2n) is 3.90. The van der Waals surface area contributed by atoms with Gasteiger partial charge in [0, 0.05) is 6.61 Å². The zero-order valence-electron chi connectivity index (χ0n) is 10.2. The minimum Gasteiger partial charge on any atom is -0.478 e. The molecule has 1 rings (SSSR count). The van der Waals surface area contributed by atoms with E-state index in [1.807, 2.05) is 0 Å². The first-order valence-corrected chi connectivity index (χ1v) is 8.53. The van der Waals surface area contributed by atoms with Gasteiger partial charge in [-0.05, 0) is 24.6 Å². The number of hydrogen-bond acceptors (Lipinski definition) is 6. The van der Waals surface area contributed by atoms with E-state index in [4.69, 9.17) is 15.4 Å². The average Bonchev–Trinajstić information content (AvgIpc) is 2.34. The van der Waals surface area contributed by atoms with Crippen molar-refractivity contribution in [2.24, 2.45) is 5.14 Å². The van der Waals surface area contributed by atoms with Gasteiger partial charge in [-0.2, -0.15) is 0 Å². The van der Waals surface area contributed by atoms with E-state index in [0.717, 1.165) is 12.1 Å². The molecule has 0 aliphatic rings. The molecule has 1 aromatic rings. The zero-order valence-corrected chi connectivity index (χ0v) is 11.8. The van der Waals surface area contributed by atoms with E-state index in [1.165, 1.54) is 0 Å². The molecule has 0 heterocycles. The molecular weight excluding hydrogens is 310 g/mol. The van der Waals surface area contributed by atoms with Crippen molar-refractivity contribution in [3.8, 4) is 0 Å². The van der Waals surface area contributed by atoms with E-state index in [-0.39, 0.29) is 13.0 Å². The average molecular weight is 323 g/mol. The number of rotatable bonds is 6. The summed E-state index contributed by atoms with van der Waals surface area (Å²) in [5.74, 6) is -2.03. The Labute approximate surface area is 115 Å². The van der Waals surface area contributed by atoms with Crippen molar-refractivity contribution in [2.75, 3.05) is 12.4 Å². The number of carbonyl (C=O) groups is 1. The van der Waals surface area contributed by atoms with Crippen LogP contribution in [-0.4, -0.2) is 45.4 Å². The van der Waals surface area contributed by atoms with Crippen molar-refractivity contribution in [1.29, 1.82) is 0 Å². The number of carboxylic acid groups (broad SMARTS) is 1. The van der Waals surface area contributed by atoms with Gasteiger partial charge in [0.1, 0.15) is 0 Å². The number of aromatic carboxylic acids is 1. The molecule has 0 aliphatic heterocycles. The lowest BCUT2D eigenvalue weighted by Crippen LogP contribution is -2.17. The summed E-state index contributed by atoms with van der Waals surface area (Å²) in [5, 5.41) is 22.5. The molecule has 0 aromatic heterocycles. The maximum absolute atomic E-state index is 11.9. The number of sulfonamides is 1. The van der Waals surface area contributed by atoms with Crippen LogP contribution in [-0.2, 0) is 19.9 Å². The van der Waals surface area contributed by atoms with E-state index in [2.05, 4.69) is 0 Å². The third kappa shape index (κ3) is 3.76. The fourth-order valence-corrected chi connectivity index (χ4v) is 3.51. The van der Waals surface area contributed by atoms with E-state index < -0.39 is 46.9 Å². The van der Waals surface area contributed by atoms with Crippen molar-refractivity contribution in [3.05, 3.63) is 23.8 Å². The van der Waals surface area contributed by atoms with Crippen LogP contribution in [0.4, 0.5) is 0 Å². The highest BCUT2D eigenvalue weighted by molar-refractivity contribution is 7.91. The third-order valence-corrected chi connectivity index (χ3v) is 5.18. The summed E-state index contributed by atoms with van der Waals surface area (Å²) in [6.45, 7) is -0.364. The molecule has 1 aromatic carbocycles. The summed E-state index contributed by atoms with van der Waals surface area (Å²) < 4.78 is 46.1. The SMILES string of the molecule is NS(=O)(=O)c1ccc(S(=O)(=O)CCCO)c(C(=O)O)c1. The Balaban J connectivity index is 3.46. The highest BCUT2D eigenvalue weighted by atomic mass is 32.2. The van der Waals surface area contributed by atoms with E-state index in [1.54, 1.807) is 0 Å². The molecule has 20 heavy (non-hydrogen) atoms. The van der Waals surface area contributed by atoms with Crippen LogP contribution >= 0.6 is 0 Å². The molecule has 112 valence electrons. The second-order valence-corrected chi connectivity index (χ2v) is 7.54. The molecule has 0 unspecified atom stereocenters. The first-order chi connectivity index (χ1) is 9.09. The quantitative estimate of drug-likeness (QED) is 0.619. The molecule has 0 amide bonds. The van der Waals surface area contributed by atoms with Gasteiger partial charge in [-0.1, -0.05) is 0 Å². The molecule has 0 saturated heterocycles. The fourth-order valence-electron chi connectivity index (χ4n) is 1.49. The molecule has 0 fully saturated rings. The molecule has 0 aliphatic carbocycles. The fraction of sp³-hybridized carbons (Fsp3) is 0.300. The summed E-state index contributed by atoms with van der Waals surface area (Å²) in [7, 11) is -8.07. The molecule has 0 radical (unpaired) electrons. The van der Waals surface area contributed by atoms with Crippen LogP contribution in [0, 0.1) is 0 Å². The number of nitrogens with two attached hydrogens (primary N) is 1. The maximum atomic E-state index is 11.9. The molecule has 4 N–H and O–H groups in total. The monoisotopic (exact) mass is 323 g/mol. The molecular formula is C10H13NO7S2. The van der Waals surface area contributed by atoms with Gasteiger partial charge in [0.2, 0.25) is 10.0 Å². The lowest BCUT2D eigenvalue weighted by atomic mass is 10.2. The normalized spacial score (nSPS) is 12.3. The molecule has 0 saturated carbocycles. The smallest absolute Gasteiger partial charge is 0.337 e. The number of aliphatic hydroxyl groups excluding tert-OH is 1. The van der Waals surface area contributed by atoms with Crippen LogP contribution < -0.4 is 5.14 Å². The Bertz CT molecular complexity index is 722. The zero-order chi connectivity index (χ0) is 15.6. The van der Waals surface area contributed by atoms with Crippen LogP contribution in [0.2, 0.25) is 0 Å². The number of hydrogen-bond donors (Lipinski definition) is 3. The van der Waals surface area contributed by atoms with Crippen molar-refractivity contribution in [1.82, 2.24) is 0 Å². The highest BCUT2D eigenvalue weighted by Gasteiger charge is 2.24. The Morgan fingerprint density at radius 2 is 1.80 bits per heavy atom. The standard InChI is InChI=1S/C10H13NO7S2/c11-20(17,18)7-2-3-9(8(6-7)10(13)14)19(15,16)5-1-4-12/h2-3,6,12H,1,4-5H2,(H,13,14)(H2,11,17,18). The summed E-state index contributed by atoms with van der Waals surface area (Å²) in [6.07, 6.45) is -0.0572. The Morgan fingerprint density at radius 1 is 1.20 bits per heavy atom. The summed E-state index contributed by atoms with van der Waals surface area (Å²) in [5.41, 5.74) is -0.672. The van der Waals surface area contributed by atoms with Gasteiger partial charge in [-0.25, -0.2) is 26.8 Å². The van der Waals surface area contributed by atoms with Gasteiger partial charge in [0.05, 0.1) is 21.1 Å². The Hall–Kier alpha value is -1.49. The van der Waals surface area contributed by atoms with E-state index >= 15 is 0 Å². The van der Waals surface area contributed by atoms with Crippen LogP contribution in [0.5, 0.6) is 0 Å². The predicted molar refractivity (Wildman–Crippen MR) is 68.5 cm³/mol. The van der Waals surface area contributed by atoms with Gasteiger partial charge in [-0.15, -0.1) is 0 Å². The number of aliphatic hydroxyl groups is 1. The minimum absolute atomic E-state index is 0.0572. The molecule has 0 atom stereocenters. The van der Waals surface area contributed by atoms with Gasteiger partial charge < -0.3 is 10.2 Å². The first-order valence-electron chi connectivity index (χ1n) is 5.33. The van der Waals surface area contributed by atoms with Crippen LogP contribution in [0.3, 0.4) is 0 Å². The number of benzene rings is 1. The second kappa shape index (κ2) is 5.87. The van der Waals surface area contributed by atoms with Crippen LogP contribution in [0.25, 0.3) is 0 Å². The van der Waals surface area contributed by atoms with E-state index in [0.29, 0.717) is 6.07 Å². The van der Waals surface area contributed by atoms with Gasteiger partial charge >= 0.3 is 5.97 Å². The number of sulfone groups is 1. The van der Waals surface area contributed by atoms with Gasteiger partial charge in [0.25, 0.3) is 0 Å². The Morgan fingerprint density at radius 3 is 2.25 bits per heavy atom. The highest BCUT2D eigenvalue weighted by Crippen LogP contribution is 2.21. The van der Waals surface area contributed by atoms with Crippen molar-refractivity contribution >= 4 is 25.8 Å². The topological polar surface area (TPSA) is 152 Å². The van der Waals surface area contributed by atoms with Gasteiger partial charge in [-0.3, -0.25) is 0 Å². The third-order valence-electron chi connectivity index (χ3n) is 2.42. The molecule has 10 heteroatoms. The predicted octanol–water partition coefficient (Wildman–Crippen LogP) is -0.812. The number of carboxylic acids is 1. The largest absolute Gasteiger partial charge is 0.478 e. The number of primary sulfonamides is 1. The van der Waals surface area contributed by atoms with Gasteiger partial charge in [0.15, 0.2) is 9.84 Å². The summed E-state index contributed by atoms with van der Waals surface area (Å²) >= 11 is 0. The van der Waals surface area contributed by atoms with E-state index in [9.17, 15) is 21.6 Å². The lowest BCUT2D eigenvalue weighted by molar-refractivity contribution is 0.0692. The molecule has 8 nitrogen and oxygen atoms in total. The first kappa shape index (κ1) is 16.6. The van der Waals surface area contributed by atoms with Crippen molar-refractivity contribution in [2.45, 2.75) is 16.2 Å². The van der Waals surface area contributed by atoms with Crippen LogP contribution in [0.15, 0.2) is 28.0 Å². The summed E-state index contributed by atoms with van der Waals surface area (Å²) in [4.78, 5) is 10.1. The van der Waals surface area contributed by atoms with Crippen molar-refractivity contribution in [3.63, 3.8) is 0 Å².